The summed E-state index contributed by atoms with van der Waals surface area (Å²) in [5.41, 5.74) is 0. The van der Waals surface area contributed by atoms with Crippen molar-refractivity contribution in [3.05, 3.63) is 0 Å². The average molecular weight is 256 g/mol. The zero-order valence-electron chi connectivity index (χ0n) is 11.7. The molecule has 0 aromatic rings. The van der Waals surface area contributed by atoms with Crippen LogP contribution in [-0.4, -0.2) is 60.0 Å². The number of likely N-dealkylation sites (tertiary alicyclic amines) is 1. The third kappa shape index (κ3) is 3.45. The summed E-state index contributed by atoms with van der Waals surface area (Å²) in [5, 5.41) is 8.94. The lowest BCUT2D eigenvalue weighted by atomic mass is 9.93. The summed E-state index contributed by atoms with van der Waals surface area (Å²) < 4.78 is 0. The molecule has 104 valence electrons. The fourth-order valence-electron chi connectivity index (χ4n) is 2.32. The highest BCUT2D eigenvalue weighted by Crippen LogP contribution is 2.20. The van der Waals surface area contributed by atoms with Gasteiger partial charge in [-0.15, -0.1) is 0 Å². The molecule has 1 amide bonds. The van der Waals surface area contributed by atoms with Gasteiger partial charge in [0.2, 0.25) is 5.91 Å². The van der Waals surface area contributed by atoms with Gasteiger partial charge in [0.1, 0.15) is 0 Å². The van der Waals surface area contributed by atoms with Crippen LogP contribution in [0, 0.1) is 11.8 Å². The number of carboxylic acid groups (broad SMARTS) is 1. The van der Waals surface area contributed by atoms with Gasteiger partial charge in [-0.3, -0.25) is 9.59 Å². The first-order valence-corrected chi connectivity index (χ1v) is 6.52. The highest BCUT2D eigenvalue weighted by molar-refractivity contribution is 5.84. The lowest BCUT2D eigenvalue weighted by molar-refractivity contribution is -0.149. The van der Waals surface area contributed by atoms with Crippen molar-refractivity contribution in [3.63, 3.8) is 0 Å². The van der Waals surface area contributed by atoms with Crippen molar-refractivity contribution >= 4 is 11.9 Å². The number of carboxylic acids is 1. The standard InChI is InChI=1S/C13H24N2O3/c1-9(10(2)13(17)18)12(16)15-7-5-11(6-8-15)14(3)4/h9-11H,5-8H2,1-4H3,(H,17,18). The minimum Gasteiger partial charge on any atom is -0.481 e. The van der Waals surface area contributed by atoms with E-state index in [0.717, 1.165) is 25.9 Å². The highest BCUT2D eigenvalue weighted by atomic mass is 16.4. The molecule has 2 unspecified atom stereocenters. The lowest BCUT2D eigenvalue weighted by Gasteiger charge is -2.36. The topological polar surface area (TPSA) is 60.9 Å². The molecule has 1 heterocycles. The van der Waals surface area contributed by atoms with Crippen molar-refractivity contribution in [3.8, 4) is 0 Å². The molecule has 18 heavy (non-hydrogen) atoms. The summed E-state index contributed by atoms with van der Waals surface area (Å²) in [6, 6.07) is 0.529. The first-order valence-electron chi connectivity index (χ1n) is 6.52. The Hall–Kier alpha value is -1.10. The molecule has 1 saturated heterocycles. The predicted octanol–water partition coefficient (Wildman–Crippen LogP) is 0.896. The highest BCUT2D eigenvalue weighted by Gasteiger charge is 2.31. The third-order valence-electron chi connectivity index (χ3n) is 4.04. The van der Waals surface area contributed by atoms with Gasteiger partial charge in [0.25, 0.3) is 0 Å². The Morgan fingerprint density at radius 2 is 1.67 bits per heavy atom. The molecule has 0 bridgehead atoms. The van der Waals surface area contributed by atoms with Crippen LogP contribution >= 0.6 is 0 Å². The first kappa shape index (κ1) is 15.0. The number of amides is 1. The van der Waals surface area contributed by atoms with E-state index in [1.807, 2.05) is 4.90 Å². The van der Waals surface area contributed by atoms with Gasteiger partial charge in [-0.1, -0.05) is 13.8 Å². The largest absolute Gasteiger partial charge is 0.481 e. The maximum Gasteiger partial charge on any atom is 0.307 e. The van der Waals surface area contributed by atoms with Gasteiger partial charge in [-0.25, -0.2) is 0 Å². The molecule has 0 aliphatic carbocycles. The fourth-order valence-corrected chi connectivity index (χ4v) is 2.32. The summed E-state index contributed by atoms with van der Waals surface area (Å²) in [5.74, 6) is -2.00. The molecule has 0 aromatic heterocycles. The number of aliphatic carboxylic acids is 1. The van der Waals surface area contributed by atoms with Crippen LogP contribution in [0.25, 0.3) is 0 Å². The summed E-state index contributed by atoms with van der Waals surface area (Å²) >= 11 is 0. The van der Waals surface area contributed by atoms with Gasteiger partial charge in [-0.05, 0) is 26.9 Å². The van der Waals surface area contributed by atoms with Crippen LogP contribution in [0.4, 0.5) is 0 Å². The molecule has 0 spiro atoms. The molecule has 1 N–H and O–H groups in total. The summed E-state index contributed by atoms with van der Waals surface area (Å²) in [4.78, 5) is 27.1. The SMILES string of the molecule is CC(C(=O)O)C(C)C(=O)N1CCC(N(C)C)CC1. The van der Waals surface area contributed by atoms with Gasteiger partial charge >= 0.3 is 5.97 Å². The molecule has 1 rings (SSSR count). The van der Waals surface area contributed by atoms with Crippen LogP contribution in [0.3, 0.4) is 0 Å². The molecule has 0 radical (unpaired) electrons. The number of rotatable bonds is 4. The van der Waals surface area contributed by atoms with E-state index in [9.17, 15) is 9.59 Å². The second-order valence-corrected chi connectivity index (χ2v) is 5.44. The molecule has 1 fully saturated rings. The maximum atomic E-state index is 12.2. The number of nitrogens with zero attached hydrogens (tertiary/aromatic N) is 2. The van der Waals surface area contributed by atoms with Gasteiger partial charge in [-0.2, -0.15) is 0 Å². The number of hydrogen-bond donors (Lipinski definition) is 1. The zero-order valence-corrected chi connectivity index (χ0v) is 11.7. The second kappa shape index (κ2) is 6.18. The van der Waals surface area contributed by atoms with Crippen LogP contribution in [0.1, 0.15) is 26.7 Å². The van der Waals surface area contributed by atoms with Crippen LogP contribution in [0.15, 0.2) is 0 Å². The van der Waals surface area contributed by atoms with Crippen molar-refractivity contribution in [2.45, 2.75) is 32.7 Å². The monoisotopic (exact) mass is 256 g/mol. The zero-order chi connectivity index (χ0) is 13.9. The Labute approximate surface area is 109 Å². The van der Waals surface area contributed by atoms with Crippen LogP contribution < -0.4 is 0 Å². The molecule has 1 aliphatic heterocycles. The van der Waals surface area contributed by atoms with Crippen LogP contribution in [0.5, 0.6) is 0 Å². The Bertz CT molecular complexity index is 309. The van der Waals surface area contributed by atoms with E-state index in [2.05, 4.69) is 19.0 Å². The molecule has 5 nitrogen and oxygen atoms in total. The molecule has 0 saturated carbocycles. The van der Waals surface area contributed by atoms with Crippen LogP contribution in [0.2, 0.25) is 0 Å². The maximum absolute atomic E-state index is 12.2. The summed E-state index contributed by atoms with van der Waals surface area (Å²) in [7, 11) is 4.11. The van der Waals surface area contributed by atoms with Gasteiger partial charge in [0, 0.05) is 25.0 Å². The molecular formula is C13H24N2O3. The van der Waals surface area contributed by atoms with E-state index in [0.29, 0.717) is 6.04 Å². The average Bonchev–Trinajstić information content (AvgIpc) is 2.36. The molecule has 5 heteroatoms. The molecule has 2 atom stereocenters. The van der Waals surface area contributed by atoms with E-state index in [1.165, 1.54) is 0 Å². The summed E-state index contributed by atoms with van der Waals surface area (Å²) in [6.45, 7) is 4.77. The van der Waals surface area contributed by atoms with E-state index in [-0.39, 0.29) is 5.91 Å². The van der Waals surface area contributed by atoms with Crippen molar-refractivity contribution in [2.24, 2.45) is 11.8 Å². The van der Waals surface area contributed by atoms with E-state index in [4.69, 9.17) is 5.11 Å². The first-order chi connectivity index (χ1) is 8.34. The Morgan fingerprint density at radius 1 is 1.17 bits per heavy atom. The minimum absolute atomic E-state index is 0.0258. The number of hydrogen-bond acceptors (Lipinski definition) is 3. The van der Waals surface area contributed by atoms with Gasteiger partial charge in [0.15, 0.2) is 0 Å². The minimum atomic E-state index is -0.904. The van der Waals surface area contributed by atoms with E-state index >= 15 is 0 Å². The fraction of sp³-hybridized carbons (Fsp3) is 0.846. The molecule has 0 aromatic carbocycles. The quantitative estimate of drug-likeness (QED) is 0.811. The third-order valence-corrected chi connectivity index (χ3v) is 4.04. The van der Waals surface area contributed by atoms with E-state index < -0.39 is 17.8 Å². The van der Waals surface area contributed by atoms with Crippen molar-refractivity contribution in [2.75, 3.05) is 27.2 Å². The van der Waals surface area contributed by atoms with Crippen molar-refractivity contribution < 1.29 is 14.7 Å². The smallest absolute Gasteiger partial charge is 0.307 e. The number of carbonyl (C=O) groups is 2. The van der Waals surface area contributed by atoms with Crippen molar-refractivity contribution in [1.82, 2.24) is 9.80 Å². The molecule has 1 aliphatic rings. The predicted molar refractivity (Wildman–Crippen MR) is 69.3 cm³/mol. The summed E-state index contributed by atoms with van der Waals surface area (Å²) in [6.07, 6.45) is 1.93. The van der Waals surface area contributed by atoms with E-state index in [1.54, 1.807) is 13.8 Å². The Kier molecular flexibility index (Phi) is 5.14. The molecular weight excluding hydrogens is 232 g/mol. The number of carbonyl (C=O) groups excluding carboxylic acids is 1. The Morgan fingerprint density at radius 3 is 2.06 bits per heavy atom. The van der Waals surface area contributed by atoms with Gasteiger partial charge in [0.05, 0.1) is 5.92 Å². The Balaban J connectivity index is 2.52. The number of piperidine rings is 1. The van der Waals surface area contributed by atoms with Crippen LogP contribution in [-0.2, 0) is 9.59 Å². The second-order valence-electron chi connectivity index (χ2n) is 5.44. The van der Waals surface area contributed by atoms with Crippen molar-refractivity contribution in [1.29, 1.82) is 0 Å². The normalized spacial score (nSPS) is 20.8. The lowest BCUT2D eigenvalue weighted by Crippen LogP contribution is -2.47. The van der Waals surface area contributed by atoms with Gasteiger partial charge < -0.3 is 14.9 Å².